The lowest BCUT2D eigenvalue weighted by atomic mass is 10.2. The minimum atomic E-state index is -3.65. The highest BCUT2D eigenvalue weighted by atomic mass is 32.2. The third-order valence-corrected chi connectivity index (χ3v) is 7.15. The molecule has 3 N–H and O–H groups in total. The first-order valence-corrected chi connectivity index (χ1v) is 12.1. The highest BCUT2D eigenvalue weighted by Crippen LogP contribution is 2.32. The first-order chi connectivity index (χ1) is 14.8. The number of allylic oxidation sites excluding steroid dienone is 2. The summed E-state index contributed by atoms with van der Waals surface area (Å²) >= 11 is 1.60. The molecule has 8 nitrogen and oxygen atoms in total. The van der Waals surface area contributed by atoms with Crippen LogP contribution >= 0.6 is 11.3 Å². The van der Waals surface area contributed by atoms with Gasteiger partial charge >= 0.3 is 0 Å². The van der Waals surface area contributed by atoms with E-state index in [0.29, 0.717) is 11.6 Å². The van der Waals surface area contributed by atoms with Crippen molar-refractivity contribution in [2.75, 3.05) is 18.5 Å². The van der Waals surface area contributed by atoms with Gasteiger partial charge in [0.05, 0.1) is 27.8 Å². The SMILES string of the molecule is CC/C=C(\C)c1nc(C)c(-c2ccnc(Nc3ccc(S(=O)(=O)NCCO)cc3)n2)s1. The average molecular weight is 460 g/mol. The minimum absolute atomic E-state index is 0.0323. The van der Waals surface area contributed by atoms with Crippen molar-refractivity contribution in [2.45, 2.75) is 32.1 Å². The molecule has 10 heteroatoms. The van der Waals surface area contributed by atoms with Crippen LogP contribution in [0.2, 0.25) is 0 Å². The van der Waals surface area contributed by atoms with E-state index in [2.05, 4.69) is 44.9 Å². The monoisotopic (exact) mass is 459 g/mol. The normalized spacial score (nSPS) is 12.2. The molecule has 0 atom stereocenters. The molecule has 164 valence electrons. The number of rotatable bonds is 9. The lowest BCUT2D eigenvalue weighted by Gasteiger charge is -2.08. The third-order valence-electron chi connectivity index (χ3n) is 4.36. The van der Waals surface area contributed by atoms with Crippen molar-refractivity contribution in [1.82, 2.24) is 19.7 Å². The van der Waals surface area contributed by atoms with Crippen molar-refractivity contribution in [3.63, 3.8) is 0 Å². The van der Waals surface area contributed by atoms with E-state index in [4.69, 9.17) is 5.11 Å². The van der Waals surface area contributed by atoms with Crippen molar-refractivity contribution in [3.8, 4) is 10.6 Å². The number of aromatic nitrogens is 3. The molecule has 31 heavy (non-hydrogen) atoms. The van der Waals surface area contributed by atoms with Crippen molar-refractivity contribution in [1.29, 1.82) is 0 Å². The molecule has 3 rings (SSSR count). The van der Waals surface area contributed by atoms with Crippen LogP contribution in [-0.4, -0.2) is 41.6 Å². The van der Waals surface area contributed by atoms with Crippen LogP contribution in [0, 0.1) is 6.92 Å². The largest absolute Gasteiger partial charge is 0.395 e. The lowest BCUT2D eigenvalue weighted by molar-refractivity contribution is 0.301. The lowest BCUT2D eigenvalue weighted by Crippen LogP contribution is -2.26. The Hall–Kier alpha value is -2.66. The summed E-state index contributed by atoms with van der Waals surface area (Å²) in [6.45, 7) is 5.83. The van der Waals surface area contributed by atoms with E-state index in [9.17, 15) is 8.42 Å². The van der Waals surface area contributed by atoms with Crippen molar-refractivity contribution in [2.24, 2.45) is 0 Å². The molecule has 2 heterocycles. The smallest absolute Gasteiger partial charge is 0.240 e. The fraction of sp³-hybridized carbons (Fsp3) is 0.286. The molecule has 2 aromatic heterocycles. The van der Waals surface area contributed by atoms with Gasteiger partial charge in [-0.05, 0) is 56.2 Å². The summed E-state index contributed by atoms with van der Waals surface area (Å²) in [5.41, 5.74) is 3.49. The Morgan fingerprint density at radius 1 is 1.19 bits per heavy atom. The second kappa shape index (κ2) is 10.1. The fourth-order valence-electron chi connectivity index (χ4n) is 2.85. The molecule has 0 saturated heterocycles. The number of hydrogen-bond acceptors (Lipinski definition) is 8. The molecular formula is C21H25N5O3S2. The number of hydrogen-bond donors (Lipinski definition) is 3. The van der Waals surface area contributed by atoms with E-state index in [1.807, 2.05) is 13.0 Å². The Morgan fingerprint density at radius 3 is 2.61 bits per heavy atom. The van der Waals surface area contributed by atoms with Gasteiger partial charge in [-0.15, -0.1) is 11.3 Å². The number of thiazole rings is 1. The molecule has 0 spiro atoms. The van der Waals surface area contributed by atoms with Crippen LogP contribution in [0.15, 0.2) is 47.5 Å². The van der Waals surface area contributed by atoms with Crippen LogP contribution in [0.25, 0.3) is 16.1 Å². The molecule has 0 fully saturated rings. The summed E-state index contributed by atoms with van der Waals surface area (Å²) in [6.07, 6.45) is 4.78. The summed E-state index contributed by atoms with van der Waals surface area (Å²) in [7, 11) is -3.65. The van der Waals surface area contributed by atoms with Gasteiger partial charge in [-0.2, -0.15) is 0 Å². The van der Waals surface area contributed by atoms with Crippen molar-refractivity contribution >= 4 is 38.6 Å². The number of sulfonamides is 1. The number of aryl methyl sites for hydroxylation is 1. The summed E-state index contributed by atoms with van der Waals surface area (Å²) in [5.74, 6) is 0.404. The maximum absolute atomic E-state index is 12.1. The zero-order valence-electron chi connectivity index (χ0n) is 17.6. The molecule has 0 aliphatic carbocycles. The second-order valence-electron chi connectivity index (χ2n) is 6.77. The predicted octanol–water partition coefficient (Wildman–Crippen LogP) is 3.74. The average Bonchev–Trinajstić information content (AvgIpc) is 3.15. The fourth-order valence-corrected chi connectivity index (χ4v) is 4.90. The Bertz CT molecular complexity index is 1170. The van der Waals surface area contributed by atoms with Crippen LogP contribution in [0.5, 0.6) is 0 Å². The molecule has 0 unspecified atom stereocenters. The van der Waals surface area contributed by atoms with E-state index >= 15 is 0 Å². The molecule has 0 bridgehead atoms. The Kier molecular flexibility index (Phi) is 7.50. The molecule has 0 aliphatic rings. The van der Waals surface area contributed by atoms with E-state index < -0.39 is 10.0 Å². The van der Waals surface area contributed by atoms with Gasteiger partial charge in [0.15, 0.2) is 0 Å². The number of aliphatic hydroxyl groups excluding tert-OH is 1. The van der Waals surface area contributed by atoms with Gasteiger partial charge in [0.25, 0.3) is 0 Å². The van der Waals surface area contributed by atoms with Crippen LogP contribution in [-0.2, 0) is 10.0 Å². The standard InChI is InChI=1S/C21H25N5O3S2/c1-4-5-14(2)20-24-15(3)19(30-20)18-10-11-22-21(26-18)25-16-6-8-17(9-7-16)31(28,29)23-12-13-27/h5-11,23,27H,4,12-13H2,1-3H3,(H,22,25,26)/b14-5+. The summed E-state index contributed by atoms with van der Waals surface area (Å²) in [4.78, 5) is 14.6. The van der Waals surface area contributed by atoms with Crippen LogP contribution in [0.3, 0.4) is 0 Å². The summed E-state index contributed by atoms with van der Waals surface area (Å²) < 4.78 is 26.5. The maximum atomic E-state index is 12.1. The molecule has 0 saturated carbocycles. The summed E-state index contributed by atoms with van der Waals surface area (Å²) in [5, 5.41) is 12.9. The topological polar surface area (TPSA) is 117 Å². The zero-order chi connectivity index (χ0) is 22.4. The van der Waals surface area contributed by atoms with Crippen molar-refractivity contribution < 1.29 is 13.5 Å². The summed E-state index contributed by atoms with van der Waals surface area (Å²) in [6, 6.07) is 8.08. The first-order valence-electron chi connectivity index (χ1n) is 9.79. The van der Waals surface area contributed by atoms with Gasteiger partial charge < -0.3 is 10.4 Å². The van der Waals surface area contributed by atoms with Gasteiger partial charge in [0.2, 0.25) is 16.0 Å². The Balaban J connectivity index is 1.80. The first kappa shape index (κ1) is 23.0. The quantitative estimate of drug-likeness (QED) is 0.446. The van der Waals surface area contributed by atoms with Crippen LogP contribution in [0.1, 0.15) is 31.0 Å². The molecular weight excluding hydrogens is 434 g/mol. The molecule has 0 radical (unpaired) electrons. The Morgan fingerprint density at radius 2 is 1.94 bits per heavy atom. The van der Waals surface area contributed by atoms with E-state index in [0.717, 1.165) is 33.3 Å². The number of nitrogens with zero attached hydrogens (tertiary/aromatic N) is 3. The van der Waals surface area contributed by atoms with Gasteiger partial charge in [-0.25, -0.2) is 28.1 Å². The van der Waals surface area contributed by atoms with Gasteiger partial charge in [0.1, 0.15) is 5.01 Å². The number of nitrogens with one attached hydrogen (secondary N) is 2. The maximum Gasteiger partial charge on any atom is 0.240 e. The highest BCUT2D eigenvalue weighted by molar-refractivity contribution is 7.89. The number of anilines is 2. The van der Waals surface area contributed by atoms with Crippen LogP contribution < -0.4 is 10.0 Å². The predicted molar refractivity (Wildman–Crippen MR) is 124 cm³/mol. The van der Waals surface area contributed by atoms with Gasteiger partial charge in [0, 0.05) is 18.4 Å². The molecule has 0 amide bonds. The highest BCUT2D eigenvalue weighted by Gasteiger charge is 2.14. The molecule has 3 aromatic rings. The number of aliphatic hydroxyl groups is 1. The van der Waals surface area contributed by atoms with E-state index in [1.54, 1.807) is 29.7 Å². The van der Waals surface area contributed by atoms with Gasteiger partial charge in [-0.1, -0.05) is 13.0 Å². The van der Waals surface area contributed by atoms with Gasteiger partial charge in [-0.3, -0.25) is 0 Å². The minimum Gasteiger partial charge on any atom is -0.395 e. The van der Waals surface area contributed by atoms with Crippen molar-refractivity contribution in [3.05, 3.63) is 53.3 Å². The third kappa shape index (κ3) is 5.73. The molecule has 0 aliphatic heterocycles. The zero-order valence-corrected chi connectivity index (χ0v) is 19.2. The van der Waals surface area contributed by atoms with Crippen LogP contribution in [0.4, 0.5) is 11.6 Å². The second-order valence-corrected chi connectivity index (χ2v) is 9.53. The molecule has 1 aromatic carbocycles. The van der Waals surface area contributed by atoms with E-state index in [1.165, 1.54) is 12.1 Å². The number of benzene rings is 1. The Labute approximate surface area is 186 Å². The van der Waals surface area contributed by atoms with E-state index in [-0.39, 0.29) is 18.0 Å².